The molecule has 0 aromatic rings. The molecule has 1 aliphatic carbocycles. The van der Waals surface area contributed by atoms with Crippen molar-refractivity contribution in [3.05, 3.63) is 0 Å². The van der Waals surface area contributed by atoms with Crippen LogP contribution in [0.15, 0.2) is 4.99 Å². The van der Waals surface area contributed by atoms with Gasteiger partial charge in [-0.1, -0.05) is 19.8 Å². The van der Waals surface area contributed by atoms with Crippen LogP contribution in [0, 0.1) is 11.8 Å². The molecule has 0 saturated heterocycles. The number of nitrogens with zero attached hydrogens (tertiary/aromatic N) is 1. The maximum atomic E-state index is 5.50. The van der Waals surface area contributed by atoms with Gasteiger partial charge >= 0.3 is 0 Å². The summed E-state index contributed by atoms with van der Waals surface area (Å²) in [7, 11) is 1.69. The van der Waals surface area contributed by atoms with Gasteiger partial charge in [-0.05, 0) is 18.8 Å². The van der Waals surface area contributed by atoms with Crippen LogP contribution in [0.3, 0.4) is 0 Å². The standard InChI is InChI=1S/C11H23N3O/c1-9-3-5-10(6-4-9)11(14-12)13-7-8-15-2/h9-10H,3-8,12H2,1-2H3,(H,13,14). The average Bonchev–Trinajstić information content (AvgIpc) is 2.26. The number of ether oxygens (including phenoxy) is 1. The first-order chi connectivity index (χ1) is 7.27. The third-order valence-electron chi connectivity index (χ3n) is 3.13. The molecule has 0 radical (unpaired) electrons. The van der Waals surface area contributed by atoms with E-state index in [9.17, 15) is 0 Å². The van der Waals surface area contributed by atoms with Crippen molar-refractivity contribution in [2.24, 2.45) is 22.7 Å². The maximum Gasteiger partial charge on any atom is 0.113 e. The van der Waals surface area contributed by atoms with E-state index in [1.54, 1.807) is 7.11 Å². The van der Waals surface area contributed by atoms with Gasteiger partial charge in [0.05, 0.1) is 13.2 Å². The summed E-state index contributed by atoms with van der Waals surface area (Å²) in [5.74, 6) is 7.85. The SMILES string of the molecule is COCCN=C(NN)C1CCC(C)CC1. The van der Waals surface area contributed by atoms with Crippen molar-refractivity contribution in [2.45, 2.75) is 32.6 Å². The molecule has 0 spiro atoms. The number of amidine groups is 1. The van der Waals surface area contributed by atoms with Gasteiger partial charge < -0.3 is 10.2 Å². The fraction of sp³-hybridized carbons (Fsp3) is 0.909. The second-order valence-electron chi connectivity index (χ2n) is 4.36. The highest BCUT2D eigenvalue weighted by Crippen LogP contribution is 2.28. The van der Waals surface area contributed by atoms with Gasteiger partial charge in [0, 0.05) is 13.0 Å². The van der Waals surface area contributed by atoms with Crippen LogP contribution in [0.1, 0.15) is 32.6 Å². The lowest BCUT2D eigenvalue weighted by atomic mass is 9.82. The molecule has 15 heavy (non-hydrogen) atoms. The summed E-state index contributed by atoms with van der Waals surface area (Å²) in [4.78, 5) is 4.44. The highest BCUT2D eigenvalue weighted by molar-refractivity contribution is 5.84. The molecule has 0 amide bonds. The first kappa shape index (κ1) is 12.5. The summed E-state index contributed by atoms with van der Waals surface area (Å²) < 4.78 is 4.97. The summed E-state index contributed by atoms with van der Waals surface area (Å²) in [5, 5.41) is 0. The Labute approximate surface area is 92.3 Å². The Balaban J connectivity index is 2.40. The van der Waals surface area contributed by atoms with E-state index in [4.69, 9.17) is 10.6 Å². The predicted octanol–water partition coefficient (Wildman–Crippen LogP) is 1.32. The fourth-order valence-electron chi connectivity index (χ4n) is 2.08. The molecule has 0 bridgehead atoms. The first-order valence-electron chi connectivity index (χ1n) is 5.77. The second-order valence-corrected chi connectivity index (χ2v) is 4.36. The number of hydrogen-bond donors (Lipinski definition) is 2. The highest BCUT2D eigenvalue weighted by Gasteiger charge is 2.21. The number of hydrazine groups is 1. The van der Waals surface area contributed by atoms with Crippen LogP contribution in [0.5, 0.6) is 0 Å². The van der Waals surface area contributed by atoms with Gasteiger partial charge in [-0.2, -0.15) is 0 Å². The summed E-state index contributed by atoms with van der Waals surface area (Å²) >= 11 is 0. The number of methoxy groups -OCH3 is 1. The Kier molecular flexibility index (Phi) is 5.65. The van der Waals surface area contributed by atoms with Crippen LogP contribution in [0.4, 0.5) is 0 Å². The molecule has 1 rings (SSSR count). The van der Waals surface area contributed by atoms with Gasteiger partial charge in [-0.25, -0.2) is 5.84 Å². The number of rotatable bonds is 4. The minimum absolute atomic E-state index is 0.531. The van der Waals surface area contributed by atoms with Crippen molar-refractivity contribution in [1.29, 1.82) is 0 Å². The molecule has 0 aliphatic heterocycles. The molecule has 1 saturated carbocycles. The van der Waals surface area contributed by atoms with Gasteiger partial charge in [0.15, 0.2) is 0 Å². The molecule has 0 unspecified atom stereocenters. The number of nitrogens with one attached hydrogen (secondary N) is 1. The molecule has 4 heteroatoms. The zero-order valence-corrected chi connectivity index (χ0v) is 9.83. The van der Waals surface area contributed by atoms with E-state index in [-0.39, 0.29) is 0 Å². The van der Waals surface area contributed by atoms with Crippen molar-refractivity contribution < 1.29 is 4.74 Å². The maximum absolute atomic E-state index is 5.50. The van der Waals surface area contributed by atoms with Crippen molar-refractivity contribution in [1.82, 2.24) is 5.43 Å². The molecule has 4 nitrogen and oxygen atoms in total. The molecule has 0 aromatic heterocycles. The fourth-order valence-corrected chi connectivity index (χ4v) is 2.08. The Bertz CT molecular complexity index is 198. The second kappa shape index (κ2) is 6.80. The lowest BCUT2D eigenvalue weighted by Gasteiger charge is -2.26. The highest BCUT2D eigenvalue weighted by atomic mass is 16.5. The Morgan fingerprint density at radius 2 is 2.07 bits per heavy atom. The van der Waals surface area contributed by atoms with Gasteiger partial charge in [-0.15, -0.1) is 0 Å². The predicted molar refractivity (Wildman–Crippen MR) is 62.6 cm³/mol. The normalized spacial score (nSPS) is 27.8. The summed E-state index contributed by atoms with van der Waals surface area (Å²) in [5.41, 5.74) is 2.74. The zero-order chi connectivity index (χ0) is 11.1. The van der Waals surface area contributed by atoms with E-state index in [0.717, 1.165) is 11.8 Å². The van der Waals surface area contributed by atoms with Crippen LogP contribution >= 0.6 is 0 Å². The Morgan fingerprint density at radius 1 is 1.40 bits per heavy atom. The molecule has 0 aromatic carbocycles. The minimum Gasteiger partial charge on any atom is -0.383 e. The van der Waals surface area contributed by atoms with Crippen LogP contribution in [-0.2, 0) is 4.74 Å². The first-order valence-corrected chi connectivity index (χ1v) is 5.77. The number of aliphatic imine (C=N–C) groups is 1. The van der Waals surface area contributed by atoms with E-state index in [1.165, 1.54) is 25.7 Å². The van der Waals surface area contributed by atoms with E-state index >= 15 is 0 Å². The smallest absolute Gasteiger partial charge is 0.113 e. The molecular weight excluding hydrogens is 190 g/mol. The van der Waals surface area contributed by atoms with Gasteiger partial charge in [0.2, 0.25) is 0 Å². The molecule has 0 heterocycles. The molecule has 88 valence electrons. The quantitative estimate of drug-likeness (QED) is 0.243. The van der Waals surface area contributed by atoms with E-state index < -0.39 is 0 Å². The third-order valence-corrected chi connectivity index (χ3v) is 3.13. The third kappa shape index (κ3) is 4.18. The van der Waals surface area contributed by atoms with Crippen molar-refractivity contribution in [3.8, 4) is 0 Å². The number of hydrogen-bond acceptors (Lipinski definition) is 3. The van der Waals surface area contributed by atoms with E-state index in [1.807, 2.05) is 0 Å². The molecule has 0 atom stereocenters. The summed E-state index contributed by atoms with van der Waals surface area (Å²) in [6, 6.07) is 0. The largest absolute Gasteiger partial charge is 0.383 e. The van der Waals surface area contributed by atoms with Crippen molar-refractivity contribution in [3.63, 3.8) is 0 Å². The van der Waals surface area contributed by atoms with Crippen LogP contribution < -0.4 is 11.3 Å². The van der Waals surface area contributed by atoms with Crippen LogP contribution in [-0.4, -0.2) is 26.1 Å². The lowest BCUT2D eigenvalue weighted by molar-refractivity contribution is 0.207. The van der Waals surface area contributed by atoms with Gasteiger partial charge in [0.1, 0.15) is 5.84 Å². The van der Waals surface area contributed by atoms with Crippen molar-refractivity contribution >= 4 is 5.84 Å². The summed E-state index contributed by atoms with van der Waals surface area (Å²) in [6.07, 6.45) is 4.99. The van der Waals surface area contributed by atoms with E-state index in [2.05, 4.69) is 17.3 Å². The number of nitrogens with two attached hydrogens (primary N) is 1. The molecular formula is C11H23N3O. The molecule has 3 N–H and O–H groups in total. The molecule has 1 fully saturated rings. The zero-order valence-electron chi connectivity index (χ0n) is 9.83. The monoisotopic (exact) mass is 213 g/mol. The minimum atomic E-state index is 0.531. The topological polar surface area (TPSA) is 59.6 Å². The Hall–Kier alpha value is -0.610. The Morgan fingerprint density at radius 3 is 2.60 bits per heavy atom. The lowest BCUT2D eigenvalue weighted by Crippen LogP contribution is -2.38. The van der Waals surface area contributed by atoms with Gasteiger partial charge in [-0.3, -0.25) is 4.99 Å². The van der Waals surface area contributed by atoms with Crippen molar-refractivity contribution in [2.75, 3.05) is 20.3 Å². The summed E-state index contributed by atoms with van der Waals surface area (Å²) in [6.45, 7) is 3.67. The van der Waals surface area contributed by atoms with E-state index in [0.29, 0.717) is 19.1 Å². The average molecular weight is 213 g/mol. The van der Waals surface area contributed by atoms with Crippen LogP contribution in [0.25, 0.3) is 0 Å². The van der Waals surface area contributed by atoms with Crippen LogP contribution in [0.2, 0.25) is 0 Å². The van der Waals surface area contributed by atoms with Gasteiger partial charge in [0.25, 0.3) is 0 Å². The molecule has 1 aliphatic rings.